The number of ketones is 1. The Labute approximate surface area is 129 Å². The Balaban J connectivity index is 2.30. The summed E-state index contributed by atoms with van der Waals surface area (Å²) >= 11 is 3.21. The summed E-state index contributed by atoms with van der Waals surface area (Å²) in [6.45, 7) is 3.94. The van der Waals surface area contributed by atoms with Gasteiger partial charge in [0.05, 0.1) is 15.5 Å². The summed E-state index contributed by atoms with van der Waals surface area (Å²) in [5, 5.41) is 1.18. The number of nitrogen functional groups attached to an aromatic ring is 1. The van der Waals surface area contributed by atoms with Gasteiger partial charge in [-0.2, -0.15) is 0 Å². The first-order valence-corrected chi connectivity index (χ1v) is 8.94. The highest BCUT2D eigenvalue weighted by atomic mass is 32.2. The molecule has 0 aliphatic carbocycles. The van der Waals surface area contributed by atoms with Gasteiger partial charge in [0.1, 0.15) is 5.00 Å². The summed E-state index contributed by atoms with van der Waals surface area (Å²) in [7, 11) is 4.25. The standard InChI is InChI=1S/C14H23N3OS2/c1-5-10(18)12-11(15)13(19-4)14(20-12)17-7-6-9(8-17)16(2)3/h9H,5-8,15H2,1-4H3. The second-order valence-corrected chi connectivity index (χ2v) is 7.13. The minimum Gasteiger partial charge on any atom is -0.396 e. The molecule has 20 heavy (non-hydrogen) atoms. The van der Waals surface area contributed by atoms with Crippen molar-refractivity contribution in [2.24, 2.45) is 0 Å². The van der Waals surface area contributed by atoms with Crippen LogP contribution in [-0.4, -0.2) is 50.2 Å². The van der Waals surface area contributed by atoms with E-state index in [1.54, 1.807) is 23.1 Å². The van der Waals surface area contributed by atoms with Gasteiger partial charge in [0.15, 0.2) is 5.78 Å². The SMILES string of the molecule is CCC(=O)c1sc(N2CCC(N(C)C)C2)c(SC)c1N. The van der Waals surface area contributed by atoms with E-state index in [0.29, 0.717) is 18.2 Å². The average Bonchev–Trinajstić information content (AvgIpc) is 3.02. The first-order chi connectivity index (χ1) is 9.49. The number of hydrogen-bond acceptors (Lipinski definition) is 6. The number of likely N-dealkylation sites (N-methyl/N-ethyl adjacent to an activating group) is 1. The van der Waals surface area contributed by atoms with Crippen molar-refractivity contribution in [1.82, 2.24) is 4.90 Å². The number of carbonyl (C=O) groups excluding carboxylic acids is 1. The third-order valence-corrected chi connectivity index (χ3v) is 6.10. The monoisotopic (exact) mass is 313 g/mol. The number of rotatable bonds is 5. The molecule has 4 nitrogen and oxygen atoms in total. The summed E-state index contributed by atoms with van der Waals surface area (Å²) in [6.07, 6.45) is 3.70. The fraction of sp³-hybridized carbons (Fsp3) is 0.643. The molecular weight excluding hydrogens is 290 g/mol. The zero-order valence-electron chi connectivity index (χ0n) is 12.6. The molecule has 1 aliphatic heterocycles. The number of anilines is 2. The Bertz CT molecular complexity index is 499. The van der Waals surface area contributed by atoms with Crippen molar-refractivity contribution >= 4 is 39.6 Å². The van der Waals surface area contributed by atoms with Crippen molar-refractivity contribution in [1.29, 1.82) is 0 Å². The van der Waals surface area contributed by atoms with Crippen LogP contribution in [0.4, 0.5) is 10.7 Å². The van der Waals surface area contributed by atoms with Crippen molar-refractivity contribution in [2.45, 2.75) is 30.7 Å². The van der Waals surface area contributed by atoms with Gasteiger partial charge in [0, 0.05) is 25.6 Å². The lowest BCUT2D eigenvalue weighted by molar-refractivity contribution is 0.0992. The molecule has 2 rings (SSSR count). The van der Waals surface area contributed by atoms with Gasteiger partial charge in [-0.1, -0.05) is 6.92 Å². The van der Waals surface area contributed by atoms with E-state index in [2.05, 4.69) is 23.9 Å². The molecule has 1 fully saturated rings. The third kappa shape index (κ3) is 2.82. The number of Topliss-reactive ketones (excluding diaryl/α,β-unsaturated/α-hetero) is 1. The van der Waals surface area contributed by atoms with Crippen LogP contribution >= 0.6 is 23.1 Å². The van der Waals surface area contributed by atoms with E-state index in [4.69, 9.17) is 5.73 Å². The van der Waals surface area contributed by atoms with E-state index in [1.807, 2.05) is 13.2 Å². The first-order valence-electron chi connectivity index (χ1n) is 6.90. The van der Waals surface area contributed by atoms with Crippen LogP contribution in [0.2, 0.25) is 0 Å². The molecule has 1 unspecified atom stereocenters. The summed E-state index contributed by atoms with van der Waals surface area (Å²) < 4.78 is 0. The maximum atomic E-state index is 12.0. The van der Waals surface area contributed by atoms with Crippen LogP contribution in [0.1, 0.15) is 29.4 Å². The molecule has 0 spiro atoms. The molecule has 1 aromatic rings. The Morgan fingerprint density at radius 1 is 1.55 bits per heavy atom. The van der Waals surface area contributed by atoms with Crippen LogP contribution in [0.3, 0.4) is 0 Å². The summed E-state index contributed by atoms with van der Waals surface area (Å²) in [5.74, 6) is 0.150. The molecule has 1 aliphatic rings. The van der Waals surface area contributed by atoms with Gasteiger partial charge in [-0.05, 0) is 26.8 Å². The summed E-state index contributed by atoms with van der Waals surface area (Å²) in [4.78, 5) is 18.5. The topological polar surface area (TPSA) is 49.6 Å². The predicted molar refractivity (Wildman–Crippen MR) is 89.4 cm³/mol. The highest BCUT2D eigenvalue weighted by molar-refractivity contribution is 7.99. The minimum absolute atomic E-state index is 0.150. The zero-order chi connectivity index (χ0) is 14.9. The van der Waals surface area contributed by atoms with Crippen molar-refractivity contribution in [3.05, 3.63) is 4.88 Å². The molecule has 2 N–H and O–H groups in total. The van der Waals surface area contributed by atoms with Crippen molar-refractivity contribution < 1.29 is 4.79 Å². The van der Waals surface area contributed by atoms with Crippen LogP contribution in [0.15, 0.2) is 4.90 Å². The first kappa shape index (κ1) is 15.7. The molecule has 0 bridgehead atoms. The van der Waals surface area contributed by atoms with Crippen molar-refractivity contribution in [3.63, 3.8) is 0 Å². The van der Waals surface area contributed by atoms with E-state index in [0.717, 1.165) is 29.3 Å². The second kappa shape index (κ2) is 6.37. The van der Waals surface area contributed by atoms with Crippen LogP contribution in [-0.2, 0) is 0 Å². The molecule has 0 amide bonds. The van der Waals surface area contributed by atoms with Crippen LogP contribution < -0.4 is 10.6 Å². The highest BCUT2D eigenvalue weighted by Gasteiger charge is 2.29. The van der Waals surface area contributed by atoms with E-state index in [-0.39, 0.29) is 5.78 Å². The molecule has 6 heteroatoms. The number of hydrogen-bond donors (Lipinski definition) is 1. The number of thioether (sulfide) groups is 1. The van der Waals surface area contributed by atoms with Crippen LogP contribution in [0.25, 0.3) is 0 Å². The van der Waals surface area contributed by atoms with E-state index in [1.165, 1.54) is 5.00 Å². The summed E-state index contributed by atoms with van der Waals surface area (Å²) in [5.41, 5.74) is 6.86. The molecule has 1 atom stereocenters. The van der Waals surface area contributed by atoms with Crippen molar-refractivity contribution in [3.8, 4) is 0 Å². The maximum Gasteiger partial charge on any atom is 0.174 e. The normalized spacial score (nSPS) is 19.1. The number of thiophene rings is 1. The lowest BCUT2D eigenvalue weighted by Crippen LogP contribution is -2.31. The fourth-order valence-corrected chi connectivity index (χ4v) is 4.76. The molecule has 0 saturated carbocycles. The number of nitrogens with two attached hydrogens (primary N) is 1. The van der Waals surface area contributed by atoms with Gasteiger partial charge in [0.25, 0.3) is 0 Å². The molecule has 1 aromatic heterocycles. The molecule has 0 radical (unpaired) electrons. The number of nitrogens with zero attached hydrogens (tertiary/aromatic N) is 2. The Hall–Kier alpha value is -0.720. The minimum atomic E-state index is 0.150. The van der Waals surface area contributed by atoms with E-state index >= 15 is 0 Å². The molecular formula is C14H23N3OS2. The van der Waals surface area contributed by atoms with Gasteiger partial charge >= 0.3 is 0 Å². The number of carbonyl (C=O) groups is 1. The molecule has 1 saturated heterocycles. The Morgan fingerprint density at radius 3 is 2.75 bits per heavy atom. The molecule has 112 valence electrons. The van der Waals surface area contributed by atoms with Gasteiger partial charge in [0.2, 0.25) is 0 Å². The predicted octanol–water partition coefficient (Wildman–Crippen LogP) is 2.79. The van der Waals surface area contributed by atoms with E-state index < -0.39 is 0 Å². The lowest BCUT2D eigenvalue weighted by Gasteiger charge is -2.21. The van der Waals surface area contributed by atoms with Crippen molar-refractivity contribution in [2.75, 3.05) is 44.1 Å². The average molecular weight is 313 g/mol. The van der Waals surface area contributed by atoms with Crippen LogP contribution in [0.5, 0.6) is 0 Å². The third-order valence-electron chi connectivity index (χ3n) is 3.84. The zero-order valence-corrected chi connectivity index (χ0v) is 14.2. The van der Waals surface area contributed by atoms with Gasteiger partial charge in [-0.3, -0.25) is 4.79 Å². The summed E-state index contributed by atoms with van der Waals surface area (Å²) in [6, 6.07) is 0.582. The molecule has 0 aromatic carbocycles. The molecule has 2 heterocycles. The quantitative estimate of drug-likeness (QED) is 0.669. The smallest absolute Gasteiger partial charge is 0.174 e. The lowest BCUT2D eigenvalue weighted by atomic mass is 10.2. The maximum absolute atomic E-state index is 12.0. The second-order valence-electron chi connectivity index (χ2n) is 5.31. The van der Waals surface area contributed by atoms with Gasteiger partial charge in [-0.25, -0.2) is 0 Å². The van der Waals surface area contributed by atoms with Gasteiger partial charge < -0.3 is 15.5 Å². The highest BCUT2D eigenvalue weighted by Crippen LogP contribution is 2.45. The van der Waals surface area contributed by atoms with E-state index in [9.17, 15) is 4.79 Å². The largest absolute Gasteiger partial charge is 0.396 e. The Kier molecular flexibility index (Phi) is 4.99. The van der Waals surface area contributed by atoms with Crippen LogP contribution in [0, 0.1) is 0 Å². The fourth-order valence-electron chi connectivity index (χ4n) is 2.54. The Morgan fingerprint density at radius 2 is 2.25 bits per heavy atom. The van der Waals surface area contributed by atoms with Gasteiger partial charge in [-0.15, -0.1) is 23.1 Å².